The second-order valence-electron chi connectivity index (χ2n) is 6.31. The van der Waals surface area contributed by atoms with Crippen LogP contribution in [0.3, 0.4) is 0 Å². The molecule has 0 bridgehead atoms. The van der Waals surface area contributed by atoms with E-state index in [1.165, 1.54) is 12.1 Å². The molecular formula is C19H15F3N4O. The molecule has 0 fully saturated rings. The maximum atomic E-state index is 12.6. The van der Waals surface area contributed by atoms with Crippen LogP contribution in [0.4, 0.5) is 13.2 Å². The van der Waals surface area contributed by atoms with Crippen LogP contribution in [0.2, 0.25) is 0 Å². The summed E-state index contributed by atoms with van der Waals surface area (Å²) in [5, 5.41) is 7.21. The Morgan fingerprint density at radius 3 is 2.19 bits per heavy atom. The lowest BCUT2D eigenvalue weighted by Gasteiger charge is -2.06. The van der Waals surface area contributed by atoms with Gasteiger partial charge in [-0.2, -0.15) is 18.2 Å². The summed E-state index contributed by atoms with van der Waals surface area (Å²) in [5.74, 6) is 1.39. The number of amidine groups is 1. The average Bonchev–Trinajstić information content (AvgIpc) is 3.31. The van der Waals surface area contributed by atoms with Crippen LogP contribution >= 0.6 is 0 Å². The van der Waals surface area contributed by atoms with Gasteiger partial charge in [0, 0.05) is 22.7 Å². The molecule has 1 aromatic heterocycles. The van der Waals surface area contributed by atoms with Gasteiger partial charge in [0.15, 0.2) is 0 Å². The van der Waals surface area contributed by atoms with Crippen molar-refractivity contribution in [1.82, 2.24) is 15.5 Å². The van der Waals surface area contributed by atoms with Crippen LogP contribution in [0.15, 0.2) is 58.0 Å². The number of nitrogens with one attached hydrogen (secondary N) is 1. The zero-order chi connectivity index (χ0) is 19.0. The number of rotatable bonds is 3. The van der Waals surface area contributed by atoms with E-state index < -0.39 is 11.7 Å². The molecule has 27 heavy (non-hydrogen) atoms. The molecule has 0 saturated carbocycles. The van der Waals surface area contributed by atoms with Gasteiger partial charge < -0.3 is 9.84 Å². The number of benzene rings is 2. The van der Waals surface area contributed by atoms with Crippen molar-refractivity contribution in [3.63, 3.8) is 0 Å². The molecule has 8 heteroatoms. The minimum absolute atomic E-state index is 0.165. The van der Waals surface area contributed by atoms with Gasteiger partial charge in [0.25, 0.3) is 5.89 Å². The molecule has 0 aliphatic carbocycles. The van der Waals surface area contributed by atoms with E-state index in [1.807, 2.05) is 24.3 Å². The summed E-state index contributed by atoms with van der Waals surface area (Å²) >= 11 is 0. The molecule has 1 atom stereocenters. The Balaban J connectivity index is 1.54. The summed E-state index contributed by atoms with van der Waals surface area (Å²) in [7, 11) is 0. The summed E-state index contributed by atoms with van der Waals surface area (Å²) in [5.41, 5.74) is 1.41. The highest BCUT2D eigenvalue weighted by atomic mass is 19.4. The lowest BCUT2D eigenvalue weighted by Crippen LogP contribution is -2.27. The van der Waals surface area contributed by atoms with Gasteiger partial charge in [-0.15, -0.1) is 0 Å². The van der Waals surface area contributed by atoms with Crippen LogP contribution in [-0.2, 0) is 6.18 Å². The summed E-state index contributed by atoms with van der Waals surface area (Å²) in [4.78, 5) is 8.71. The summed E-state index contributed by atoms with van der Waals surface area (Å²) in [6.45, 7) is 2.81. The van der Waals surface area contributed by atoms with Crippen LogP contribution in [0, 0.1) is 0 Å². The number of hydrogen-bond donors (Lipinski definition) is 1. The third kappa shape index (κ3) is 3.55. The second kappa shape index (κ2) is 6.53. The van der Waals surface area contributed by atoms with Crippen molar-refractivity contribution in [2.75, 3.05) is 6.54 Å². The first kappa shape index (κ1) is 17.3. The van der Waals surface area contributed by atoms with E-state index >= 15 is 0 Å². The molecule has 1 aliphatic heterocycles. The van der Waals surface area contributed by atoms with Crippen molar-refractivity contribution in [1.29, 1.82) is 0 Å². The zero-order valence-electron chi connectivity index (χ0n) is 14.3. The van der Waals surface area contributed by atoms with Gasteiger partial charge in [-0.3, -0.25) is 4.99 Å². The van der Waals surface area contributed by atoms with Gasteiger partial charge >= 0.3 is 6.18 Å². The standard InChI is InChI=1S/C19H15F3N4O/c1-11-10-23-16(24-11)12-2-4-13(5-3-12)17-25-18(27-26-17)14-6-8-15(9-7-14)19(20,21)22/h2-9,11H,10H2,1H3,(H,23,24). The predicted molar refractivity (Wildman–Crippen MR) is 94.2 cm³/mol. The molecule has 2 heterocycles. The minimum Gasteiger partial charge on any atom is -0.366 e. The van der Waals surface area contributed by atoms with Crippen LogP contribution in [-0.4, -0.2) is 28.6 Å². The Hall–Kier alpha value is -3.16. The van der Waals surface area contributed by atoms with Gasteiger partial charge in [-0.25, -0.2) is 0 Å². The molecule has 5 nitrogen and oxygen atoms in total. The average molecular weight is 372 g/mol. The first-order valence-corrected chi connectivity index (χ1v) is 8.33. The first-order valence-electron chi connectivity index (χ1n) is 8.33. The van der Waals surface area contributed by atoms with Gasteiger partial charge in [-0.05, 0) is 31.2 Å². The van der Waals surface area contributed by atoms with E-state index in [-0.39, 0.29) is 5.89 Å². The molecule has 3 aromatic rings. The summed E-state index contributed by atoms with van der Waals surface area (Å²) in [6, 6.07) is 12.5. The van der Waals surface area contributed by atoms with Crippen LogP contribution in [0.25, 0.3) is 22.8 Å². The Kier molecular flexibility index (Phi) is 4.18. The second-order valence-corrected chi connectivity index (χ2v) is 6.31. The number of halogens is 3. The van der Waals surface area contributed by atoms with Crippen molar-refractivity contribution in [2.24, 2.45) is 4.99 Å². The number of aliphatic imine (C=N–C) groups is 1. The molecule has 1 unspecified atom stereocenters. The minimum atomic E-state index is -4.38. The molecule has 2 aromatic carbocycles. The van der Waals surface area contributed by atoms with Gasteiger partial charge in [0.05, 0.1) is 12.1 Å². The topological polar surface area (TPSA) is 63.3 Å². The summed E-state index contributed by atoms with van der Waals surface area (Å²) in [6.07, 6.45) is -4.38. The molecule has 1 aliphatic rings. The lowest BCUT2D eigenvalue weighted by molar-refractivity contribution is -0.137. The molecule has 4 rings (SSSR count). The van der Waals surface area contributed by atoms with E-state index in [0.717, 1.165) is 35.6 Å². The third-order valence-corrected chi connectivity index (χ3v) is 4.21. The molecule has 0 saturated heterocycles. The van der Waals surface area contributed by atoms with E-state index in [2.05, 4.69) is 27.4 Å². The number of nitrogens with zero attached hydrogens (tertiary/aromatic N) is 3. The summed E-state index contributed by atoms with van der Waals surface area (Å²) < 4.78 is 43.1. The highest BCUT2D eigenvalue weighted by molar-refractivity contribution is 6.00. The Morgan fingerprint density at radius 1 is 0.963 bits per heavy atom. The molecule has 0 spiro atoms. The number of alkyl halides is 3. The normalized spacial score (nSPS) is 16.9. The number of hydrogen-bond acceptors (Lipinski definition) is 5. The van der Waals surface area contributed by atoms with Crippen molar-refractivity contribution in [3.05, 3.63) is 59.7 Å². The maximum Gasteiger partial charge on any atom is 0.416 e. The lowest BCUT2D eigenvalue weighted by atomic mass is 10.1. The van der Waals surface area contributed by atoms with Gasteiger partial charge in [0.1, 0.15) is 5.84 Å². The SMILES string of the molecule is CC1CN=C(c2ccc(-c3noc(-c4ccc(C(F)(F)F)cc4)n3)cc2)N1. The molecule has 0 radical (unpaired) electrons. The van der Waals surface area contributed by atoms with Crippen molar-refractivity contribution < 1.29 is 17.7 Å². The van der Waals surface area contributed by atoms with Gasteiger partial charge in [0.2, 0.25) is 5.82 Å². The van der Waals surface area contributed by atoms with Crippen molar-refractivity contribution in [2.45, 2.75) is 19.1 Å². The molecule has 1 N–H and O–H groups in total. The largest absolute Gasteiger partial charge is 0.416 e. The Morgan fingerprint density at radius 2 is 1.59 bits per heavy atom. The van der Waals surface area contributed by atoms with Crippen molar-refractivity contribution >= 4 is 5.84 Å². The fraction of sp³-hybridized carbons (Fsp3) is 0.211. The van der Waals surface area contributed by atoms with Crippen LogP contribution < -0.4 is 5.32 Å². The molecule has 138 valence electrons. The fourth-order valence-electron chi connectivity index (χ4n) is 2.76. The maximum absolute atomic E-state index is 12.6. The van der Waals surface area contributed by atoms with Crippen LogP contribution in [0.5, 0.6) is 0 Å². The van der Waals surface area contributed by atoms with Crippen LogP contribution in [0.1, 0.15) is 18.1 Å². The van der Waals surface area contributed by atoms with E-state index in [1.54, 1.807) is 0 Å². The number of aromatic nitrogens is 2. The van der Waals surface area contributed by atoms with E-state index in [0.29, 0.717) is 17.4 Å². The monoisotopic (exact) mass is 372 g/mol. The van der Waals surface area contributed by atoms with Gasteiger partial charge in [-0.1, -0.05) is 29.4 Å². The van der Waals surface area contributed by atoms with Crippen molar-refractivity contribution in [3.8, 4) is 22.8 Å². The predicted octanol–water partition coefficient (Wildman–Crippen LogP) is 4.16. The Bertz CT molecular complexity index is 975. The first-order chi connectivity index (χ1) is 12.9. The zero-order valence-corrected chi connectivity index (χ0v) is 14.3. The molecular weight excluding hydrogens is 357 g/mol. The highest BCUT2D eigenvalue weighted by Gasteiger charge is 2.30. The quantitative estimate of drug-likeness (QED) is 0.750. The Labute approximate surface area is 152 Å². The van der Waals surface area contributed by atoms with E-state index in [9.17, 15) is 13.2 Å². The molecule has 0 amide bonds. The fourth-order valence-corrected chi connectivity index (χ4v) is 2.76. The van der Waals surface area contributed by atoms with E-state index in [4.69, 9.17) is 4.52 Å². The highest BCUT2D eigenvalue weighted by Crippen LogP contribution is 2.31. The smallest absolute Gasteiger partial charge is 0.366 e. The third-order valence-electron chi connectivity index (χ3n) is 4.21.